The van der Waals surface area contributed by atoms with Crippen LogP contribution in [0.1, 0.15) is 46.1 Å². The van der Waals surface area contributed by atoms with E-state index in [0.29, 0.717) is 18.5 Å². The number of carbonyl (C=O) groups excluding carboxylic acids is 4. The van der Waals surface area contributed by atoms with Crippen molar-refractivity contribution in [3.8, 4) is 0 Å². The molecule has 6 atom stereocenters. The third-order valence-corrected chi connectivity index (χ3v) is 8.11. The van der Waals surface area contributed by atoms with Gasteiger partial charge in [0.25, 0.3) is 5.91 Å². The van der Waals surface area contributed by atoms with Crippen molar-refractivity contribution in [1.82, 2.24) is 10.6 Å². The maximum Gasteiger partial charge on any atom is 0.405 e. The number of hydrogen-bond donors (Lipinski definition) is 4. The smallest absolute Gasteiger partial charge is 0.405 e. The first-order valence-corrected chi connectivity index (χ1v) is 15.2. The van der Waals surface area contributed by atoms with Crippen molar-refractivity contribution >= 4 is 23.6 Å². The highest BCUT2D eigenvalue weighted by atomic mass is 16.6. The lowest BCUT2D eigenvalue weighted by molar-refractivity contribution is -0.120. The molecule has 46 heavy (non-hydrogen) atoms. The zero-order valence-electron chi connectivity index (χ0n) is 27.2. The van der Waals surface area contributed by atoms with Crippen LogP contribution in [0.3, 0.4) is 0 Å². The highest BCUT2D eigenvalue weighted by Gasteiger charge is 2.33. The fourth-order valence-corrected chi connectivity index (χ4v) is 5.56. The van der Waals surface area contributed by atoms with E-state index in [2.05, 4.69) is 10.6 Å². The van der Waals surface area contributed by atoms with Crippen LogP contribution >= 0.6 is 0 Å². The van der Waals surface area contributed by atoms with Crippen LogP contribution in [0.25, 0.3) is 0 Å². The second kappa shape index (κ2) is 16.8. The molecule has 4 unspecified atom stereocenters. The number of ether oxygens (including phenoxy) is 3. The largest absolute Gasteiger partial charge is 0.439 e. The number of ketones is 2. The molecule has 2 amide bonds. The molecule has 0 saturated heterocycles. The van der Waals surface area contributed by atoms with Crippen LogP contribution in [0.15, 0.2) is 88.8 Å². The molecule has 0 aromatic heterocycles. The van der Waals surface area contributed by atoms with Gasteiger partial charge in [-0.25, -0.2) is 4.79 Å². The molecule has 11 nitrogen and oxygen atoms in total. The molecule has 1 aliphatic carbocycles. The van der Waals surface area contributed by atoms with Crippen LogP contribution in [0, 0.1) is 11.8 Å². The van der Waals surface area contributed by atoms with Gasteiger partial charge in [-0.15, -0.1) is 0 Å². The van der Waals surface area contributed by atoms with Crippen LogP contribution in [-0.2, 0) is 35.1 Å². The van der Waals surface area contributed by atoms with E-state index in [1.807, 2.05) is 44.2 Å². The number of nitrogens with one attached hydrogen (secondary N) is 2. The van der Waals surface area contributed by atoms with Gasteiger partial charge < -0.3 is 35.7 Å². The van der Waals surface area contributed by atoms with Crippen molar-refractivity contribution in [3.05, 3.63) is 94.4 Å². The Bertz CT molecular complexity index is 1440. The Kier molecular flexibility index (Phi) is 13.2. The normalized spacial score (nSPS) is 29.9. The molecule has 0 radical (unpaired) electrons. The Labute approximate surface area is 270 Å². The van der Waals surface area contributed by atoms with Crippen LogP contribution in [0.2, 0.25) is 0 Å². The van der Waals surface area contributed by atoms with Gasteiger partial charge in [-0.1, -0.05) is 68.5 Å². The number of primary amides is 1. The average molecular weight is 636 g/mol. The highest BCUT2D eigenvalue weighted by Crippen LogP contribution is 2.29. The fraction of sp³-hybridized carbons (Fsp3) is 0.429. The number of hydrogen-bond acceptors (Lipinski definition) is 9. The van der Waals surface area contributed by atoms with Gasteiger partial charge >= 0.3 is 6.09 Å². The maximum absolute atomic E-state index is 13.8. The number of fused-ring (bicyclic) bond motifs is 2. The molecule has 2 bridgehead atoms. The van der Waals surface area contributed by atoms with Crippen molar-refractivity contribution in [2.75, 3.05) is 14.2 Å². The highest BCUT2D eigenvalue weighted by molar-refractivity contribution is 6.23. The lowest BCUT2D eigenvalue weighted by atomic mass is 9.85. The van der Waals surface area contributed by atoms with Crippen molar-refractivity contribution in [2.45, 2.75) is 71.5 Å². The lowest BCUT2D eigenvalue weighted by Gasteiger charge is -2.30. The number of aliphatic hydroxyl groups excluding tert-OH is 1. The number of benzene rings is 1. The molecule has 0 spiro atoms. The van der Waals surface area contributed by atoms with Crippen LogP contribution in [0.4, 0.5) is 4.79 Å². The third kappa shape index (κ3) is 9.59. The molecule has 11 heteroatoms. The first-order valence-electron chi connectivity index (χ1n) is 15.2. The van der Waals surface area contributed by atoms with Gasteiger partial charge in [0.05, 0.1) is 23.6 Å². The summed E-state index contributed by atoms with van der Waals surface area (Å²) in [6.45, 7) is 7.33. The number of methoxy groups -OCH3 is 2. The molecule has 248 valence electrons. The molecular weight excluding hydrogens is 590 g/mol. The minimum absolute atomic E-state index is 0.126. The van der Waals surface area contributed by atoms with Gasteiger partial charge in [0, 0.05) is 43.9 Å². The van der Waals surface area contributed by atoms with E-state index in [-0.39, 0.29) is 34.9 Å². The van der Waals surface area contributed by atoms with Crippen LogP contribution in [-0.4, -0.2) is 67.3 Å². The SMILES string of the molecule is COC1/C=C\C=C(/C)C(=O)NC2=CC(=O)C(NCc3ccccc3)=C(C[C@@H](C)CC(OC)[C@H](O)C(C)/C=C(\C)C1OC(N)=O)C2=O. The summed E-state index contributed by atoms with van der Waals surface area (Å²) in [7, 11) is 2.93. The van der Waals surface area contributed by atoms with E-state index in [1.54, 1.807) is 32.1 Å². The summed E-state index contributed by atoms with van der Waals surface area (Å²) in [4.78, 5) is 52.1. The monoisotopic (exact) mass is 635 g/mol. The van der Waals surface area contributed by atoms with E-state index < -0.39 is 53.9 Å². The molecule has 1 heterocycles. The van der Waals surface area contributed by atoms with Gasteiger partial charge in [-0.05, 0) is 43.7 Å². The summed E-state index contributed by atoms with van der Waals surface area (Å²) in [5, 5.41) is 17.1. The standard InChI is InChI=1S/C35H45N3O8/c1-20-15-25-30(37-19-24-12-8-7-9-13-24)27(39)18-26(32(25)41)38-34(42)21(2)11-10-14-28(44-5)33(46-35(36)43)23(4)17-22(3)31(40)29(16-20)45-6/h7-14,17-18,20,22,28-29,31,33,37,40H,15-16,19H2,1-6H3,(H2,36,43)(H,38,42)/b14-10-,21-11+,23-17+/t20-,22?,28?,29?,31-,33?/m1/s1. The van der Waals surface area contributed by atoms with Gasteiger partial charge in [0.2, 0.25) is 11.6 Å². The number of amides is 2. The molecule has 2 aliphatic rings. The van der Waals surface area contributed by atoms with E-state index in [1.165, 1.54) is 20.3 Å². The zero-order valence-corrected chi connectivity index (χ0v) is 27.2. The van der Waals surface area contributed by atoms with E-state index >= 15 is 0 Å². The Morgan fingerprint density at radius 1 is 1.09 bits per heavy atom. The number of carbonyl (C=O) groups is 4. The number of allylic oxidation sites excluding steroid dienone is 4. The quantitative estimate of drug-likeness (QED) is 0.270. The number of nitrogens with two attached hydrogens (primary N) is 1. The fourth-order valence-electron chi connectivity index (χ4n) is 5.56. The van der Waals surface area contributed by atoms with Gasteiger partial charge in [0.15, 0.2) is 6.10 Å². The molecular formula is C35H45N3O8. The summed E-state index contributed by atoms with van der Waals surface area (Å²) in [6, 6.07) is 9.48. The predicted molar refractivity (Wildman–Crippen MR) is 173 cm³/mol. The second-order valence-electron chi connectivity index (χ2n) is 11.8. The minimum Gasteiger partial charge on any atom is -0.439 e. The second-order valence-corrected chi connectivity index (χ2v) is 11.8. The first kappa shape index (κ1) is 36.2. The van der Waals surface area contributed by atoms with Gasteiger partial charge in [-0.2, -0.15) is 0 Å². The van der Waals surface area contributed by atoms with Crippen molar-refractivity contribution < 1.29 is 38.5 Å². The van der Waals surface area contributed by atoms with Crippen molar-refractivity contribution in [1.29, 1.82) is 0 Å². The van der Waals surface area contributed by atoms with Crippen LogP contribution in [0.5, 0.6) is 0 Å². The number of Topliss-reactive ketones (excluding diaryl/α,β-unsaturated/α-hetero) is 1. The predicted octanol–water partition coefficient (Wildman–Crippen LogP) is 3.55. The van der Waals surface area contributed by atoms with Crippen LogP contribution < -0.4 is 16.4 Å². The number of aliphatic hydroxyl groups is 1. The summed E-state index contributed by atoms with van der Waals surface area (Å²) in [5.74, 6) is -2.14. The Morgan fingerprint density at radius 3 is 2.41 bits per heavy atom. The minimum atomic E-state index is -1.000. The van der Waals surface area contributed by atoms with Crippen molar-refractivity contribution in [3.63, 3.8) is 0 Å². The van der Waals surface area contributed by atoms with Crippen molar-refractivity contribution in [2.24, 2.45) is 17.6 Å². The van der Waals surface area contributed by atoms with E-state index in [9.17, 15) is 24.3 Å². The number of rotatable bonds is 6. The molecule has 5 N–H and O–H groups in total. The Morgan fingerprint density at radius 2 is 1.78 bits per heavy atom. The lowest BCUT2D eigenvalue weighted by Crippen LogP contribution is -2.37. The first-order chi connectivity index (χ1) is 21.9. The summed E-state index contributed by atoms with van der Waals surface area (Å²) in [6.07, 6.45) is 3.80. The summed E-state index contributed by atoms with van der Waals surface area (Å²) in [5.41, 5.74) is 7.42. The molecule has 3 rings (SSSR count). The topological polar surface area (TPSA) is 166 Å². The molecule has 0 fully saturated rings. The van der Waals surface area contributed by atoms with Gasteiger partial charge in [0.1, 0.15) is 6.10 Å². The third-order valence-electron chi connectivity index (χ3n) is 8.11. The Balaban J connectivity index is 2.06. The maximum atomic E-state index is 13.8. The van der Waals surface area contributed by atoms with Gasteiger partial charge in [-0.3, -0.25) is 14.4 Å². The molecule has 1 aliphatic heterocycles. The molecule has 1 aromatic rings. The van der Waals surface area contributed by atoms with E-state index in [0.717, 1.165) is 11.6 Å². The molecule has 1 aromatic carbocycles. The van der Waals surface area contributed by atoms with E-state index in [4.69, 9.17) is 19.9 Å². The Hall–Kier alpha value is -4.32. The molecule has 0 saturated carbocycles. The average Bonchev–Trinajstić information content (AvgIpc) is 3.02. The zero-order chi connectivity index (χ0) is 34.0. The summed E-state index contributed by atoms with van der Waals surface area (Å²) >= 11 is 0. The summed E-state index contributed by atoms with van der Waals surface area (Å²) < 4.78 is 16.7.